The first-order valence-electron chi connectivity index (χ1n) is 8.12. The number of rotatable bonds is 5. The van der Waals surface area contributed by atoms with Crippen molar-refractivity contribution >= 4 is 33.2 Å². The third kappa shape index (κ3) is 4.31. The number of amides is 1. The molecule has 9 heteroatoms. The molecule has 1 saturated heterocycles. The number of carbonyl (C=O) groups excluding carboxylic acids is 1. The third-order valence-corrected chi connectivity index (χ3v) is 6.50. The smallest absolute Gasteiger partial charge is 0.272 e. The van der Waals surface area contributed by atoms with Gasteiger partial charge in [-0.15, -0.1) is 0 Å². The van der Waals surface area contributed by atoms with Gasteiger partial charge in [-0.25, -0.2) is 18.4 Å². The first-order chi connectivity index (χ1) is 12.4. The van der Waals surface area contributed by atoms with E-state index in [0.717, 1.165) is 5.56 Å². The molecular formula is C17H19ClN4O3S. The standard InChI is InChI=1S/C17H19ClN4O3S/c1-22(13-6-7-26(24,25)10-13)17(23)15-8-16(21-11-20-15)19-9-12-4-2-3-5-14(12)18/h2-5,8,11,13H,6-7,9-10H2,1H3,(H,19,20,21). The molecule has 1 atom stereocenters. The highest BCUT2D eigenvalue weighted by Gasteiger charge is 2.33. The van der Waals surface area contributed by atoms with Gasteiger partial charge in [0.25, 0.3) is 5.91 Å². The molecule has 0 spiro atoms. The second kappa shape index (κ2) is 7.59. The highest BCUT2D eigenvalue weighted by atomic mass is 35.5. The Bertz CT molecular complexity index is 920. The van der Waals surface area contributed by atoms with Crippen molar-refractivity contribution in [1.82, 2.24) is 14.9 Å². The van der Waals surface area contributed by atoms with Crippen molar-refractivity contribution in [3.63, 3.8) is 0 Å². The summed E-state index contributed by atoms with van der Waals surface area (Å²) in [6, 6.07) is 8.69. The average Bonchev–Trinajstić information content (AvgIpc) is 3.00. The van der Waals surface area contributed by atoms with Gasteiger partial charge in [0.15, 0.2) is 9.84 Å². The summed E-state index contributed by atoms with van der Waals surface area (Å²) in [5.41, 5.74) is 1.13. The van der Waals surface area contributed by atoms with Crippen LogP contribution in [0.2, 0.25) is 5.02 Å². The molecule has 2 heterocycles. The summed E-state index contributed by atoms with van der Waals surface area (Å²) in [6.07, 6.45) is 1.76. The normalized spacial score (nSPS) is 18.5. The lowest BCUT2D eigenvalue weighted by Crippen LogP contribution is -2.38. The SMILES string of the molecule is CN(C(=O)c1cc(NCc2ccccc2Cl)ncn1)C1CCS(=O)(=O)C1. The van der Waals surface area contributed by atoms with Crippen molar-refractivity contribution in [3.8, 4) is 0 Å². The van der Waals surface area contributed by atoms with Crippen LogP contribution >= 0.6 is 11.6 Å². The number of anilines is 1. The number of aromatic nitrogens is 2. The van der Waals surface area contributed by atoms with E-state index in [1.807, 2.05) is 18.2 Å². The van der Waals surface area contributed by atoms with Gasteiger partial charge in [0, 0.05) is 30.7 Å². The van der Waals surface area contributed by atoms with Crippen molar-refractivity contribution in [3.05, 3.63) is 52.9 Å². The van der Waals surface area contributed by atoms with Gasteiger partial charge in [-0.05, 0) is 18.1 Å². The van der Waals surface area contributed by atoms with Crippen LogP contribution in [0.25, 0.3) is 0 Å². The van der Waals surface area contributed by atoms with E-state index in [0.29, 0.717) is 23.8 Å². The van der Waals surface area contributed by atoms with Crippen LogP contribution in [0.4, 0.5) is 5.82 Å². The van der Waals surface area contributed by atoms with Crippen molar-refractivity contribution in [2.24, 2.45) is 0 Å². The van der Waals surface area contributed by atoms with Gasteiger partial charge in [-0.3, -0.25) is 4.79 Å². The molecule has 1 aliphatic heterocycles. The minimum atomic E-state index is -3.06. The van der Waals surface area contributed by atoms with Gasteiger partial charge in [-0.2, -0.15) is 0 Å². The summed E-state index contributed by atoms with van der Waals surface area (Å²) in [6.45, 7) is 0.459. The Labute approximate surface area is 157 Å². The molecule has 138 valence electrons. The van der Waals surface area contributed by atoms with Crippen LogP contribution in [0.3, 0.4) is 0 Å². The lowest BCUT2D eigenvalue weighted by Gasteiger charge is -2.23. The number of halogens is 1. The molecule has 1 N–H and O–H groups in total. The molecule has 1 amide bonds. The Morgan fingerprint density at radius 1 is 1.35 bits per heavy atom. The maximum atomic E-state index is 12.6. The molecule has 1 fully saturated rings. The lowest BCUT2D eigenvalue weighted by atomic mass is 10.2. The zero-order valence-corrected chi connectivity index (χ0v) is 15.8. The second-order valence-corrected chi connectivity index (χ2v) is 8.84. The van der Waals surface area contributed by atoms with Crippen LogP contribution in [0.1, 0.15) is 22.5 Å². The van der Waals surface area contributed by atoms with Crippen LogP contribution in [0, 0.1) is 0 Å². The number of hydrogen-bond donors (Lipinski definition) is 1. The Balaban J connectivity index is 1.68. The fourth-order valence-electron chi connectivity index (χ4n) is 2.83. The third-order valence-electron chi connectivity index (χ3n) is 4.38. The average molecular weight is 395 g/mol. The van der Waals surface area contributed by atoms with Gasteiger partial charge in [0.1, 0.15) is 17.8 Å². The van der Waals surface area contributed by atoms with E-state index in [9.17, 15) is 13.2 Å². The molecule has 1 aliphatic rings. The van der Waals surface area contributed by atoms with E-state index in [4.69, 9.17) is 11.6 Å². The highest BCUT2D eigenvalue weighted by Crippen LogP contribution is 2.19. The van der Waals surface area contributed by atoms with Gasteiger partial charge in [0.05, 0.1) is 11.5 Å². The molecule has 26 heavy (non-hydrogen) atoms. The number of hydrogen-bond acceptors (Lipinski definition) is 6. The number of sulfone groups is 1. The summed E-state index contributed by atoms with van der Waals surface area (Å²) in [5.74, 6) is 0.285. The first kappa shape index (κ1) is 18.6. The Kier molecular flexibility index (Phi) is 5.43. The Morgan fingerprint density at radius 2 is 2.12 bits per heavy atom. The molecule has 0 radical (unpaired) electrons. The van der Waals surface area contributed by atoms with Gasteiger partial charge < -0.3 is 10.2 Å². The number of nitrogens with one attached hydrogen (secondary N) is 1. The highest BCUT2D eigenvalue weighted by molar-refractivity contribution is 7.91. The summed E-state index contributed by atoms with van der Waals surface area (Å²) in [5, 5.41) is 3.76. The number of carbonyl (C=O) groups is 1. The molecule has 1 unspecified atom stereocenters. The predicted octanol–water partition coefficient (Wildman–Crippen LogP) is 2.00. The van der Waals surface area contributed by atoms with Gasteiger partial charge in [-0.1, -0.05) is 29.8 Å². The van der Waals surface area contributed by atoms with E-state index >= 15 is 0 Å². The monoisotopic (exact) mass is 394 g/mol. The minimum absolute atomic E-state index is 0.00205. The lowest BCUT2D eigenvalue weighted by molar-refractivity contribution is 0.0741. The fraction of sp³-hybridized carbons (Fsp3) is 0.353. The first-order valence-corrected chi connectivity index (χ1v) is 10.3. The maximum Gasteiger partial charge on any atom is 0.272 e. The van der Waals surface area contributed by atoms with Gasteiger partial charge in [0.2, 0.25) is 0 Å². The minimum Gasteiger partial charge on any atom is -0.366 e. The quantitative estimate of drug-likeness (QED) is 0.833. The molecule has 0 aliphatic carbocycles. The molecule has 1 aromatic heterocycles. The Hall–Kier alpha value is -2.19. The molecule has 0 saturated carbocycles. The molecule has 0 bridgehead atoms. The summed E-state index contributed by atoms with van der Waals surface area (Å²) in [7, 11) is -1.46. The van der Waals surface area contributed by atoms with Crippen molar-refractivity contribution in [2.45, 2.75) is 19.0 Å². The van der Waals surface area contributed by atoms with E-state index in [-0.39, 0.29) is 29.1 Å². The van der Waals surface area contributed by atoms with E-state index in [1.165, 1.54) is 11.2 Å². The second-order valence-electron chi connectivity index (χ2n) is 6.21. The fourth-order valence-corrected chi connectivity index (χ4v) is 4.80. The molecule has 1 aromatic carbocycles. The summed E-state index contributed by atoms with van der Waals surface area (Å²) in [4.78, 5) is 22.2. The van der Waals surface area contributed by atoms with Crippen molar-refractivity contribution in [2.75, 3.05) is 23.9 Å². The van der Waals surface area contributed by atoms with Crippen LogP contribution in [-0.2, 0) is 16.4 Å². The van der Waals surface area contributed by atoms with Crippen LogP contribution < -0.4 is 5.32 Å². The molecular weight excluding hydrogens is 376 g/mol. The van der Waals surface area contributed by atoms with Gasteiger partial charge >= 0.3 is 0 Å². The Morgan fingerprint density at radius 3 is 2.81 bits per heavy atom. The topological polar surface area (TPSA) is 92.3 Å². The maximum absolute atomic E-state index is 12.6. The van der Waals surface area contributed by atoms with Crippen LogP contribution in [0.5, 0.6) is 0 Å². The zero-order valence-electron chi connectivity index (χ0n) is 14.2. The van der Waals surface area contributed by atoms with E-state index in [1.54, 1.807) is 19.2 Å². The van der Waals surface area contributed by atoms with Crippen LogP contribution in [0.15, 0.2) is 36.7 Å². The van der Waals surface area contributed by atoms with Crippen molar-refractivity contribution in [1.29, 1.82) is 0 Å². The number of benzene rings is 1. The predicted molar refractivity (Wildman–Crippen MR) is 100.0 cm³/mol. The number of nitrogens with zero attached hydrogens (tertiary/aromatic N) is 3. The van der Waals surface area contributed by atoms with Crippen LogP contribution in [-0.4, -0.2) is 53.8 Å². The largest absolute Gasteiger partial charge is 0.366 e. The summed E-state index contributed by atoms with van der Waals surface area (Å²) >= 11 is 6.13. The molecule has 7 nitrogen and oxygen atoms in total. The van der Waals surface area contributed by atoms with Crippen molar-refractivity contribution < 1.29 is 13.2 Å². The zero-order chi connectivity index (χ0) is 18.7. The molecule has 3 rings (SSSR count). The summed E-state index contributed by atoms with van der Waals surface area (Å²) < 4.78 is 23.2. The molecule has 2 aromatic rings. The van der Waals surface area contributed by atoms with E-state index in [2.05, 4.69) is 15.3 Å². The van der Waals surface area contributed by atoms with E-state index < -0.39 is 9.84 Å².